The zero-order valence-electron chi connectivity index (χ0n) is 14.2. The Morgan fingerprint density at radius 1 is 1.28 bits per heavy atom. The van der Waals surface area contributed by atoms with Crippen molar-refractivity contribution in [3.05, 3.63) is 54.1 Å². The molecule has 2 aromatic carbocycles. The summed E-state index contributed by atoms with van der Waals surface area (Å²) in [6, 6.07) is 15.5. The van der Waals surface area contributed by atoms with E-state index in [1.54, 1.807) is 11.8 Å². The van der Waals surface area contributed by atoms with E-state index >= 15 is 0 Å². The first kappa shape index (κ1) is 17.9. The maximum absolute atomic E-state index is 12.4. The van der Waals surface area contributed by atoms with Crippen LogP contribution >= 0.6 is 23.5 Å². The maximum Gasteiger partial charge on any atom is 0.237 e. The Kier molecular flexibility index (Phi) is 6.04. The fourth-order valence-corrected chi connectivity index (χ4v) is 4.51. The SMILES string of the molecule is CCOc1ccc(NC(=O)C(C)SC2=Nc3ccccc3CS2)cc1. The minimum atomic E-state index is -0.219. The number of carbonyl (C=O) groups excluding carboxylic acids is 1. The van der Waals surface area contributed by atoms with Crippen LogP contribution in [-0.4, -0.2) is 22.1 Å². The van der Waals surface area contributed by atoms with Crippen LogP contribution in [0, 0.1) is 0 Å². The van der Waals surface area contributed by atoms with Crippen LogP contribution < -0.4 is 10.1 Å². The van der Waals surface area contributed by atoms with E-state index in [0.717, 1.165) is 27.3 Å². The van der Waals surface area contributed by atoms with Crippen molar-refractivity contribution in [2.75, 3.05) is 11.9 Å². The molecular formula is C19H20N2O2S2. The first-order chi connectivity index (χ1) is 12.2. The van der Waals surface area contributed by atoms with Crippen molar-refractivity contribution >= 4 is 45.2 Å². The van der Waals surface area contributed by atoms with E-state index in [0.29, 0.717) is 6.61 Å². The van der Waals surface area contributed by atoms with Gasteiger partial charge in [-0.2, -0.15) is 0 Å². The molecule has 1 aliphatic rings. The molecule has 0 fully saturated rings. The van der Waals surface area contributed by atoms with Gasteiger partial charge in [-0.1, -0.05) is 41.7 Å². The number of hydrogen-bond acceptors (Lipinski definition) is 5. The zero-order valence-corrected chi connectivity index (χ0v) is 15.8. The monoisotopic (exact) mass is 372 g/mol. The van der Waals surface area contributed by atoms with Gasteiger partial charge in [-0.25, -0.2) is 4.99 Å². The van der Waals surface area contributed by atoms with Crippen molar-refractivity contribution in [3.63, 3.8) is 0 Å². The van der Waals surface area contributed by atoms with Crippen molar-refractivity contribution in [1.29, 1.82) is 0 Å². The van der Waals surface area contributed by atoms with Crippen molar-refractivity contribution in [2.24, 2.45) is 4.99 Å². The topological polar surface area (TPSA) is 50.7 Å². The molecule has 1 atom stereocenters. The van der Waals surface area contributed by atoms with Gasteiger partial charge in [-0.15, -0.1) is 0 Å². The second-order valence-corrected chi connectivity index (χ2v) is 8.05. The van der Waals surface area contributed by atoms with Crippen LogP contribution in [0.4, 0.5) is 11.4 Å². The summed E-state index contributed by atoms with van der Waals surface area (Å²) >= 11 is 3.18. The quantitative estimate of drug-likeness (QED) is 0.795. The van der Waals surface area contributed by atoms with Crippen LogP contribution in [0.25, 0.3) is 0 Å². The lowest BCUT2D eigenvalue weighted by Gasteiger charge is -2.17. The molecule has 0 spiro atoms. The molecule has 0 bridgehead atoms. The smallest absolute Gasteiger partial charge is 0.237 e. The molecule has 6 heteroatoms. The Morgan fingerprint density at radius 2 is 2.04 bits per heavy atom. The summed E-state index contributed by atoms with van der Waals surface area (Å²) in [5, 5.41) is 2.72. The van der Waals surface area contributed by atoms with E-state index in [4.69, 9.17) is 4.74 Å². The van der Waals surface area contributed by atoms with Crippen LogP contribution in [0.1, 0.15) is 19.4 Å². The highest BCUT2D eigenvalue weighted by Gasteiger charge is 2.20. The van der Waals surface area contributed by atoms with E-state index in [1.807, 2.05) is 56.3 Å². The summed E-state index contributed by atoms with van der Waals surface area (Å²) in [5.41, 5.74) is 3.01. The predicted molar refractivity (Wildman–Crippen MR) is 108 cm³/mol. The minimum absolute atomic E-state index is 0.0312. The van der Waals surface area contributed by atoms with E-state index in [9.17, 15) is 4.79 Å². The van der Waals surface area contributed by atoms with Gasteiger partial charge >= 0.3 is 0 Å². The molecule has 0 aliphatic carbocycles. The molecule has 3 rings (SSSR count). The van der Waals surface area contributed by atoms with Gasteiger partial charge in [0.05, 0.1) is 17.5 Å². The van der Waals surface area contributed by atoms with Gasteiger partial charge in [0.1, 0.15) is 10.1 Å². The first-order valence-corrected chi connectivity index (χ1v) is 10.0. The van der Waals surface area contributed by atoms with Gasteiger partial charge in [0, 0.05) is 11.4 Å². The molecule has 25 heavy (non-hydrogen) atoms. The van der Waals surface area contributed by atoms with Crippen molar-refractivity contribution in [3.8, 4) is 5.75 Å². The molecule has 4 nitrogen and oxygen atoms in total. The van der Waals surface area contributed by atoms with Crippen LogP contribution in [0.15, 0.2) is 53.5 Å². The second kappa shape index (κ2) is 8.45. The average molecular weight is 373 g/mol. The summed E-state index contributed by atoms with van der Waals surface area (Å²) in [4.78, 5) is 17.1. The summed E-state index contributed by atoms with van der Waals surface area (Å²) in [6.45, 7) is 4.47. The van der Waals surface area contributed by atoms with Gasteiger partial charge in [0.25, 0.3) is 0 Å². The predicted octanol–water partition coefficient (Wildman–Crippen LogP) is 5.08. The molecule has 0 saturated heterocycles. The maximum atomic E-state index is 12.4. The van der Waals surface area contributed by atoms with Crippen LogP contribution in [0.3, 0.4) is 0 Å². The molecule has 0 aromatic heterocycles. The third-order valence-electron chi connectivity index (χ3n) is 3.63. The van der Waals surface area contributed by atoms with E-state index < -0.39 is 0 Å². The van der Waals surface area contributed by atoms with Gasteiger partial charge in [0.15, 0.2) is 0 Å². The number of amides is 1. The Morgan fingerprint density at radius 3 is 2.80 bits per heavy atom. The number of anilines is 1. The molecule has 0 saturated carbocycles. The Balaban J connectivity index is 1.59. The highest BCUT2D eigenvalue weighted by molar-refractivity contribution is 8.39. The van der Waals surface area contributed by atoms with Gasteiger partial charge < -0.3 is 10.1 Å². The lowest BCUT2D eigenvalue weighted by molar-refractivity contribution is -0.115. The highest BCUT2D eigenvalue weighted by atomic mass is 32.2. The molecule has 130 valence electrons. The van der Waals surface area contributed by atoms with E-state index in [2.05, 4.69) is 16.4 Å². The molecular weight excluding hydrogens is 352 g/mol. The van der Waals surface area contributed by atoms with Crippen LogP contribution in [0.2, 0.25) is 0 Å². The van der Waals surface area contributed by atoms with E-state index in [-0.39, 0.29) is 11.2 Å². The highest BCUT2D eigenvalue weighted by Crippen LogP contribution is 2.35. The van der Waals surface area contributed by atoms with Crippen molar-refractivity contribution in [2.45, 2.75) is 24.9 Å². The third kappa shape index (κ3) is 4.80. The number of benzene rings is 2. The minimum Gasteiger partial charge on any atom is -0.494 e. The summed E-state index contributed by atoms with van der Waals surface area (Å²) in [7, 11) is 0. The summed E-state index contributed by atoms with van der Waals surface area (Å²) < 4.78 is 6.35. The Bertz CT molecular complexity index is 775. The van der Waals surface area contributed by atoms with Gasteiger partial charge in [-0.3, -0.25) is 4.79 Å². The number of hydrogen-bond donors (Lipinski definition) is 1. The molecule has 1 N–H and O–H groups in total. The normalized spacial score (nSPS) is 14.2. The summed E-state index contributed by atoms with van der Waals surface area (Å²) in [5.74, 6) is 1.67. The third-order valence-corrected chi connectivity index (χ3v) is 5.93. The standard InChI is InChI=1S/C19H20N2O2S2/c1-3-23-16-10-8-15(9-11-16)20-18(22)13(2)25-19-21-17-7-5-4-6-14(17)12-24-19/h4-11,13H,3,12H2,1-2H3,(H,20,22). The number of aliphatic imine (C=N–C) groups is 1. The first-order valence-electron chi connectivity index (χ1n) is 8.15. The molecule has 1 aliphatic heterocycles. The lowest BCUT2D eigenvalue weighted by atomic mass is 10.2. The molecule has 1 heterocycles. The van der Waals surface area contributed by atoms with E-state index in [1.165, 1.54) is 17.3 Å². The number of rotatable bonds is 5. The van der Waals surface area contributed by atoms with Crippen molar-refractivity contribution in [1.82, 2.24) is 0 Å². The Hall–Kier alpha value is -1.92. The molecule has 1 amide bonds. The Labute approximate surface area is 156 Å². The summed E-state index contributed by atoms with van der Waals surface area (Å²) in [6.07, 6.45) is 0. The number of nitrogens with one attached hydrogen (secondary N) is 1. The molecule has 2 aromatic rings. The molecule has 1 unspecified atom stereocenters. The zero-order chi connectivity index (χ0) is 17.6. The number of ether oxygens (including phenoxy) is 1. The number of para-hydroxylation sites is 1. The molecule has 0 radical (unpaired) electrons. The van der Waals surface area contributed by atoms with Crippen LogP contribution in [0.5, 0.6) is 5.75 Å². The van der Waals surface area contributed by atoms with Crippen molar-refractivity contribution < 1.29 is 9.53 Å². The number of carbonyl (C=O) groups is 1. The second-order valence-electron chi connectivity index (χ2n) is 5.50. The number of thioether (sulfide) groups is 2. The van der Waals surface area contributed by atoms with Gasteiger partial charge in [-0.05, 0) is 49.7 Å². The number of nitrogens with zero attached hydrogens (tertiary/aromatic N) is 1. The number of fused-ring (bicyclic) bond motifs is 1. The van der Waals surface area contributed by atoms with Gasteiger partial charge in [0.2, 0.25) is 5.91 Å². The fourth-order valence-electron chi connectivity index (χ4n) is 2.32. The fraction of sp³-hybridized carbons (Fsp3) is 0.263. The lowest BCUT2D eigenvalue weighted by Crippen LogP contribution is -2.23. The largest absolute Gasteiger partial charge is 0.494 e. The average Bonchev–Trinajstić information content (AvgIpc) is 2.63. The van der Waals surface area contributed by atoms with Crippen LogP contribution in [-0.2, 0) is 10.5 Å².